The number of anilines is 2. The molecule has 2 heterocycles. The van der Waals surface area contributed by atoms with Gasteiger partial charge in [-0.25, -0.2) is 4.98 Å². The van der Waals surface area contributed by atoms with Crippen molar-refractivity contribution >= 4 is 40.1 Å². The molecule has 8 heteroatoms. The minimum atomic E-state index is -0.870. The topological polar surface area (TPSA) is 98.8 Å². The highest BCUT2D eigenvalue weighted by atomic mass is 16.5. The van der Waals surface area contributed by atoms with Crippen molar-refractivity contribution in [2.75, 3.05) is 31.0 Å². The summed E-state index contributed by atoms with van der Waals surface area (Å²) in [5, 5.41) is 11.3. The van der Waals surface area contributed by atoms with Crippen LogP contribution >= 0.6 is 0 Å². The van der Waals surface area contributed by atoms with Crippen molar-refractivity contribution in [3.63, 3.8) is 0 Å². The maximum Gasteiger partial charge on any atom is 0.302 e. The van der Waals surface area contributed by atoms with Crippen LogP contribution in [0.25, 0.3) is 16.8 Å². The second kappa shape index (κ2) is 8.88. The van der Waals surface area contributed by atoms with E-state index in [1.807, 2.05) is 62.3 Å². The van der Waals surface area contributed by atoms with Crippen molar-refractivity contribution < 1.29 is 19.4 Å². The van der Waals surface area contributed by atoms with E-state index in [0.29, 0.717) is 27.9 Å². The zero-order chi connectivity index (χ0) is 25.6. The number of H-pyrrole nitrogens is 1. The number of aromatic amines is 1. The van der Waals surface area contributed by atoms with Crippen molar-refractivity contribution in [1.29, 1.82) is 0 Å². The van der Waals surface area contributed by atoms with Crippen LogP contribution in [0.1, 0.15) is 22.7 Å². The Morgan fingerprint density at radius 1 is 1.03 bits per heavy atom. The van der Waals surface area contributed by atoms with E-state index < -0.39 is 17.7 Å². The third kappa shape index (κ3) is 3.86. The lowest BCUT2D eigenvalue weighted by atomic mass is 9.95. The van der Waals surface area contributed by atoms with Gasteiger partial charge in [0.2, 0.25) is 5.95 Å². The molecule has 0 saturated carbocycles. The first-order valence-electron chi connectivity index (χ1n) is 11.5. The summed E-state index contributed by atoms with van der Waals surface area (Å²) in [7, 11) is 5.43. The van der Waals surface area contributed by atoms with Gasteiger partial charge in [-0.2, -0.15) is 0 Å². The molecule has 2 N–H and O–H groups in total. The number of aliphatic hydroxyl groups is 1. The number of carbonyl (C=O) groups is 2. The van der Waals surface area contributed by atoms with E-state index >= 15 is 0 Å². The molecule has 1 saturated heterocycles. The number of hydrogen-bond acceptors (Lipinski definition) is 6. The van der Waals surface area contributed by atoms with Crippen LogP contribution in [0.15, 0.2) is 72.3 Å². The first-order valence-corrected chi connectivity index (χ1v) is 11.5. The molecule has 1 atom stereocenters. The molecule has 4 aromatic rings. The molecule has 36 heavy (non-hydrogen) atoms. The standard InChI is InChI=1S/C28H26N4O4/c1-16-5-7-18(8-6-16)25(33)23-24(17-9-11-19(12-10-17)31(2)3)32(27(35)26(23)34)28-29-21-14-13-20(36-4)15-22(21)30-28/h5-15,24,33H,1-4H3,(H,29,30)/b25-23+. The summed E-state index contributed by atoms with van der Waals surface area (Å²) in [5.41, 5.74) is 4.40. The number of fused-ring (bicyclic) bond motifs is 1. The first-order chi connectivity index (χ1) is 17.3. The molecule has 0 bridgehead atoms. The average Bonchev–Trinajstić information content (AvgIpc) is 3.41. The number of aryl methyl sites for hydroxylation is 1. The number of amides is 1. The van der Waals surface area contributed by atoms with Crippen LogP contribution in [-0.4, -0.2) is 48.0 Å². The summed E-state index contributed by atoms with van der Waals surface area (Å²) < 4.78 is 5.30. The normalized spacial score (nSPS) is 17.1. The summed E-state index contributed by atoms with van der Waals surface area (Å²) in [6.07, 6.45) is 0. The van der Waals surface area contributed by atoms with Gasteiger partial charge < -0.3 is 19.7 Å². The highest BCUT2D eigenvalue weighted by molar-refractivity contribution is 6.51. The van der Waals surface area contributed by atoms with Crippen molar-refractivity contribution in [1.82, 2.24) is 9.97 Å². The fourth-order valence-corrected chi connectivity index (χ4v) is 4.40. The first kappa shape index (κ1) is 23.2. The summed E-state index contributed by atoms with van der Waals surface area (Å²) in [5.74, 6) is -0.917. The number of carbonyl (C=O) groups excluding carboxylic acids is 2. The predicted molar refractivity (Wildman–Crippen MR) is 139 cm³/mol. The van der Waals surface area contributed by atoms with E-state index in [2.05, 4.69) is 9.97 Å². The highest BCUT2D eigenvalue weighted by Gasteiger charge is 2.48. The molecule has 5 rings (SSSR count). The van der Waals surface area contributed by atoms with Crippen LogP contribution < -0.4 is 14.5 Å². The van der Waals surface area contributed by atoms with E-state index in [-0.39, 0.29) is 17.3 Å². The van der Waals surface area contributed by atoms with E-state index in [0.717, 1.165) is 11.3 Å². The number of rotatable bonds is 5. The van der Waals surface area contributed by atoms with E-state index in [1.54, 1.807) is 37.4 Å². The van der Waals surface area contributed by atoms with Gasteiger partial charge in [0.15, 0.2) is 0 Å². The second-order valence-corrected chi connectivity index (χ2v) is 8.96. The Labute approximate surface area is 208 Å². The van der Waals surface area contributed by atoms with Gasteiger partial charge in [0.05, 0.1) is 29.8 Å². The lowest BCUT2D eigenvalue weighted by Crippen LogP contribution is -2.30. The maximum absolute atomic E-state index is 13.4. The zero-order valence-corrected chi connectivity index (χ0v) is 20.4. The molecule has 0 spiro atoms. The Morgan fingerprint density at radius 2 is 1.72 bits per heavy atom. The van der Waals surface area contributed by atoms with Crippen molar-refractivity contribution in [3.05, 3.63) is 89.0 Å². The number of ketones is 1. The Hall–Kier alpha value is -4.59. The number of ether oxygens (including phenoxy) is 1. The number of aromatic nitrogens is 2. The predicted octanol–water partition coefficient (Wildman–Crippen LogP) is 4.57. The van der Waals surface area contributed by atoms with Crippen LogP contribution in [0.3, 0.4) is 0 Å². The molecule has 0 radical (unpaired) electrons. The summed E-state index contributed by atoms with van der Waals surface area (Å²) in [4.78, 5) is 37.8. The van der Waals surface area contributed by atoms with Gasteiger partial charge in [-0.1, -0.05) is 42.0 Å². The molecule has 1 amide bonds. The Kier molecular flexibility index (Phi) is 5.72. The van der Waals surface area contributed by atoms with Crippen molar-refractivity contribution in [2.45, 2.75) is 13.0 Å². The van der Waals surface area contributed by atoms with Gasteiger partial charge in [-0.3, -0.25) is 14.5 Å². The van der Waals surface area contributed by atoms with Gasteiger partial charge in [-0.05, 0) is 36.8 Å². The van der Waals surface area contributed by atoms with Gasteiger partial charge >= 0.3 is 5.91 Å². The molecule has 1 aliphatic heterocycles. The summed E-state index contributed by atoms with van der Waals surface area (Å²) in [6.45, 7) is 1.94. The minimum absolute atomic E-state index is 0.0134. The number of hydrogen-bond donors (Lipinski definition) is 2. The lowest BCUT2D eigenvalue weighted by Gasteiger charge is -2.23. The minimum Gasteiger partial charge on any atom is -0.507 e. The highest BCUT2D eigenvalue weighted by Crippen LogP contribution is 2.42. The maximum atomic E-state index is 13.4. The molecule has 3 aromatic carbocycles. The number of imidazole rings is 1. The number of Topliss-reactive ketones (excluding diaryl/α,β-unsaturated/α-hetero) is 1. The van der Waals surface area contributed by atoms with Gasteiger partial charge in [0, 0.05) is 31.4 Å². The summed E-state index contributed by atoms with van der Waals surface area (Å²) in [6, 6.07) is 19.1. The molecule has 1 aliphatic rings. The lowest BCUT2D eigenvalue weighted by molar-refractivity contribution is -0.132. The molecule has 1 unspecified atom stereocenters. The molecule has 182 valence electrons. The number of nitrogens with zero attached hydrogens (tertiary/aromatic N) is 3. The molecule has 8 nitrogen and oxygen atoms in total. The van der Waals surface area contributed by atoms with E-state index in [1.165, 1.54) is 4.90 Å². The molecular formula is C28H26N4O4. The zero-order valence-electron chi connectivity index (χ0n) is 20.4. The fraction of sp³-hybridized carbons (Fsp3) is 0.179. The monoisotopic (exact) mass is 482 g/mol. The SMILES string of the molecule is COc1ccc2nc(N3C(=O)C(=O)/C(=C(/O)c4ccc(C)cc4)C3c3ccc(N(C)C)cc3)[nH]c2c1. The number of benzene rings is 3. The summed E-state index contributed by atoms with van der Waals surface area (Å²) >= 11 is 0. The van der Waals surface area contributed by atoms with Crippen molar-refractivity contribution in [2.24, 2.45) is 0 Å². The number of aliphatic hydroxyl groups excluding tert-OH is 1. The number of nitrogens with one attached hydrogen (secondary N) is 1. The van der Waals surface area contributed by atoms with E-state index in [9.17, 15) is 14.7 Å². The van der Waals surface area contributed by atoms with Crippen molar-refractivity contribution in [3.8, 4) is 5.75 Å². The van der Waals surface area contributed by atoms with E-state index in [4.69, 9.17) is 4.74 Å². The average molecular weight is 483 g/mol. The smallest absolute Gasteiger partial charge is 0.302 e. The van der Waals surface area contributed by atoms with Crippen LogP contribution in [0.2, 0.25) is 0 Å². The Balaban J connectivity index is 1.70. The molecular weight excluding hydrogens is 456 g/mol. The van der Waals surface area contributed by atoms with Gasteiger partial charge in [0.25, 0.3) is 5.78 Å². The largest absolute Gasteiger partial charge is 0.507 e. The Bertz CT molecular complexity index is 1500. The van der Waals surface area contributed by atoms with Crippen LogP contribution in [0.4, 0.5) is 11.6 Å². The van der Waals surface area contributed by atoms with Gasteiger partial charge in [0.1, 0.15) is 11.5 Å². The quantitative estimate of drug-likeness (QED) is 0.246. The van der Waals surface area contributed by atoms with Crippen LogP contribution in [0.5, 0.6) is 5.75 Å². The number of methoxy groups -OCH3 is 1. The molecule has 1 fully saturated rings. The fourth-order valence-electron chi connectivity index (χ4n) is 4.40. The second-order valence-electron chi connectivity index (χ2n) is 8.96. The third-order valence-corrected chi connectivity index (χ3v) is 6.40. The van der Waals surface area contributed by atoms with Crippen LogP contribution in [-0.2, 0) is 9.59 Å². The van der Waals surface area contributed by atoms with Crippen LogP contribution in [0, 0.1) is 6.92 Å². The van der Waals surface area contributed by atoms with Gasteiger partial charge in [-0.15, -0.1) is 0 Å². The molecule has 0 aliphatic carbocycles. The molecule has 1 aromatic heterocycles. The Morgan fingerprint density at radius 3 is 2.36 bits per heavy atom. The third-order valence-electron chi connectivity index (χ3n) is 6.40.